The molecule has 1 atom stereocenters. The van der Waals surface area contributed by atoms with Crippen molar-refractivity contribution in [2.24, 2.45) is 5.73 Å². The van der Waals surface area contributed by atoms with Crippen molar-refractivity contribution in [3.05, 3.63) is 18.2 Å². The van der Waals surface area contributed by atoms with Gasteiger partial charge in [0.15, 0.2) is 0 Å². The summed E-state index contributed by atoms with van der Waals surface area (Å²) >= 11 is 0. The van der Waals surface area contributed by atoms with E-state index >= 15 is 0 Å². The van der Waals surface area contributed by atoms with Gasteiger partial charge in [0.1, 0.15) is 5.82 Å². The largest absolute Gasteiger partial charge is 0.344 e. The highest BCUT2D eigenvalue weighted by atomic mass is 16.2. The summed E-state index contributed by atoms with van der Waals surface area (Å²) in [4.78, 5) is 17.3. The van der Waals surface area contributed by atoms with Crippen LogP contribution in [-0.4, -0.2) is 40.0 Å². The molecule has 0 saturated carbocycles. The third kappa shape index (κ3) is 3.34. The molecule has 1 aromatic heterocycles. The Bertz CT molecular complexity index is 346. The van der Waals surface area contributed by atoms with Crippen molar-refractivity contribution < 1.29 is 4.79 Å². The maximum atomic E-state index is 11.5. The van der Waals surface area contributed by atoms with Gasteiger partial charge in [-0.3, -0.25) is 4.79 Å². The molecule has 1 unspecified atom stereocenters. The monoisotopic (exact) mass is 224 g/mol. The third-order valence-electron chi connectivity index (χ3n) is 2.58. The number of imidazole rings is 1. The summed E-state index contributed by atoms with van der Waals surface area (Å²) in [5.74, 6) is 0.989. The van der Waals surface area contributed by atoms with E-state index in [-0.39, 0.29) is 5.91 Å². The number of hydrogen-bond acceptors (Lipinski definition) is 3. The standard InChI is InChI=1S/C11H20N4O/c1-9(12)11(16)14(3)6-4-7-15-8-5-13-10(15)2/h5,8-9H,4,6-7,12H2,1-3H3. The van der Waals surface area contributed by atoms with Gasteiger partial charge in [0.05, 0.1) is 6.04 Å². The van der Waals surface area contributed by atoms with Crippen LogP contribution in [0.25, 0.3) is 0 Å². The molecule has 0 radical (unpaired) electrons. The molecule has 0 aromatic carbocycles. The Balaban J connectivity index is 2.31. The van der Waals surface area contributed by atoms with E-state index in [0.717, 1.165) is 25.3 Å². The molecule has 2 N–H and O–H groups in total. The minimum atomic E-state index is -0.417. The van der Waals surface area contributed by atoms with E-state index in [4.69, 9.17) is 5.73 Å². The number of hydrogen-bond donors (Lipinski definition) is 1. The number of rotatable bonds is 5. The van der Waals surface area contributed by atoms with Crippen molar-refractivity contribution in [1.29, 1.82) is 0 Å². The van der Waals surface area contributed by atoms with Gasteiger partial charge in [-0.15, -0.1) is 0 Å². The molecule has 0 aliphatic heterocycles. The molecule has 16 heavy (non-hydrogen) atoms. The molecule has 5 heteroatoms. The number of carbonyl (C=O) groups excluding carboxylic acids is 1. The Labute approximate surface area is 96.3 Å². The molecule has 0 fully saturated rings. The van der Waals surface area contributed by atoms with Crippen LogP contribution in [0.5, 0.6) is 0 Å². The molecule has 5 nitrogen and oxygen atoms in total. The molecule has 0 aliphatic rings. The van der Waals surface area contributed by atoms with Crippen LogP contribution in [0.1, 0.15) is 19.2 Å². The number of aromatic nitrogens is 2. The SMILES string of the molecule is Cc1nccn1CCCN(C)C(=O)C(C)N. The summed E-state index contributed by atoms with van der Waals surface area (Å²) in [6.45, 7) is 5.27. The lowest BCUT2D eigenvalue weighted by Gasteiger charge is -2.19. The van der Waals surface area contributed by atoms with Gasteiger partial charge in [-0.25, -0.2) is 4.98 Å². The van der Waals surface area contributed by atoms with Gasteiger partial charge < -0.3 is 15.2 Å². The Kier molecular flexibility index (Phi) is 4.49. The maximum absolute atomic E-state index is 11.5. The van der Waals surface area contributed by atoms with Gasteiger partial charge in [0.2, 0.25) is 5.91 Å². The second-order valence-corrected chi connectivity index (χ2v) is 4.07. The van der Waals surface area contributed by atoms with Crippen LogP contribution in [0, 0.1) is 6.92 Å². The average Bonchev–Trinajstić information content (AvgIpc) is 2.63. The molecular weight excluding hydrogens is 204 g/mol. The van der Waals surface area contributed by atoms with Crippen molar-refractivity contribution >= 4 is 5.91 Å². The van der Waals surface area contributed by atoms with Crippen molar-refractivity contribution in [1.82, 2.24) is 14.5 Å². The number of aryl methyl sites for hydroxylation is 2. The number of amides is 1. The zero-order valence-corrected chi connectivity index (χ0v) is 10.2. The van der Waals surface area contributed by atoms with Gasteiger partial charge in [-0.1, -0.05) is 0 Å². The van der Waals surface area contributed by atoms with E-state index in [2.05, 4.69) is 9.55 Å². The summed E-state index contributed by atoms with van der Waals surface area (Å²) < 4.78 is 2.07. The number of nitrogens with zero attached hydrogens (tertiary/aromatic N) is 3. The Morgan fingerprint density at radius 1 is 1.69 bits per heavy atom. The molecular formula is C11H20N4O. The van der Waals surface area contributed by atoms with Crippen molar-refractivity contribution in [2.45, 2.75) is 32.9 Å². The molecule has 1 amide bonds. The van der Waals surface area contributed by atoms with Crippen LogP contribution >= 0.6 is 0 Å². The Morgan fingerprint density at radius 2 is 2.38 bits per heavy atom. The Hall–Kier alpha value is -1.36. The van der Waals surface area contributed by atoms with E-state index in [1.807, 2.05) is 13.1 Å². The van der Waals surface area contributed by atoms with Crippen LogP contribution < -0.4 is 5.73 Å². The summed E-state index contributed by atoms with van der Waals surface area (Å²) in [6, 6.07) is -0.417. The van der Waals surface area contributed by atoms with Gasteiger partial charge >= 0.3 is 0 Å². The van der Waals surface area contributed by atoms with Crippen molar-refractivity contribution in [3.63, 3.8) is 0 Å². The molecule has 0 bridgehead atoms. The molecule has 1 heterocycles. The van der Waals surface area contributed by atoms with Crippen LogP contribution in [0.3, 0.4) is 0 Å². The lowest BCUT2D eigenvalue weighted by molar-refractivity contribution is -0.130. The number of nitrogens with two attached hydrogens (primary N) is 1. The van der Waals surface area contributed by atoms with Crippen molar-refractivity contribution in [2.75, 3.05) is 13.6 Å². The molecule has 1 aromatic rings. The van der Waals surface area contributed by atoms with Crippen LogP contribution in [0.15, 0.2) is 12.4 Å². The predicted molar refractivity (Wildman–Crippen MR) is 62.9 cm³/mol. The zero-order chi connectivity index (χ0) is 12.1. The Morgan fingerprint density at radius 3 is 2.88 bits per heavy atom. The zero-order valence-electron chi connectivity index (χ0n) is 10.2. The molecule has 0 aliphatic carbocycles. The lowest BCUT2D eigenvalue weighted by Crippen LogP contribution is -2.40. The number of likely N-dealkylation sites (N-methyl/N-ethyl adjacent to an activating group) is 1. The molecule has 1 rings (SSSR count). The second kappa shape index (κ2) is 5.65. The molecule has 0 saturated heterocycles. The highest BCUT2D eigenvalue weighted by Gasteiger charge is 2.12. The normalized spacial score (nSPS) is 12.5. The first-order chi connectivity index (χ1) is 7.52. The van der Waals surface area contributed by atoms with E-state index in [0.29, 0.717) is 0 Å². The lowest BCUT2D eigenvalue weighted by atomic mass is 10.3. The first-order valence-corrected chi connectivity index (χ1v) is 5.50. The first kappa shape index (κ1) is 12.7. The number of carbonyl (C=O) groups is 1. The summed E-state index contributed by atoms with van der Waals surface area (Å²) in [5.41, 5.74) is 5.52. The van der Waals surface area contributed by atoms with Gasteiger partial charge in [-0.05, 0) is 20.3 Å². The predicted octanol–water partition coefficient (Wildman–Crippen LogP) is 0.387. The molecule has 0 spiro atoms. The van der Waals surface area contributed by atoms with E-state index in [9.17, 15) is 4.79 Å². The highest BCUT2D eigenvalue weighted by Crippen LogP contribution is 1.99. The minimum absolute atomic E-state index is 0.0117. The van der Waals surface area contributed by atoms with Crippen LogP contribution in [-0.2, 0) is 11.3 Å². The third-order valence-corrected chi connectivity index (χ3v) is 2.58. The molecule has 90 valence electrons. The van der Waals surface area contributed by atoms with Gasteiger partial charge in [0, 0.05) is 32.5 Å². The van der Waals surface area contributed by atoms with E-state index < -0.39 is 6.04 Å². The van der Waals surface area contributed by atoms with E-state index in [1.165, 1.54) is 0 Å². The minimum Gasteiger partial charge on any atom is -0.344 e. The maximum Gasteiger partial charge on any atom is 0.238 e. The topological polar surface area (TPSA) is 64.2 Å². The van der Waals surface area contributed by atoms with Crippen molar-refractivity contribution in [3.8, 4) is 0 Å². The van der Waals surface area contributed by atoms with Gasteiger partial charge in [-0.2, -0.15) is 0 Å². The summed E-state index contributed by atoms with van der Waals surface area (Å²) in [6.07, 6.45) is 4.64. The average molecular weight is 224 g/mol. The highest BCUT2D eigenvalue weighted by molar-refractivity contribution is 5.80. The fourth-order valence-corrected chi connectivity index (χ4v) is 1.58. The quantitative estimate of drug-likeness (QED) is 0.786. The van der Waals surface area contributed by atoms with Crippen LogP contribution in [0.4, 0.5) is 0 Å². The first-order valence-electron chi connectivity index (χ1n) is 5.50. The second-order valence-electron chi connectivity index (χ2n) is 4.07. The fourth-order valence-electron chi connectivity index (χ4n) is 1.58. The van der Waals surface area contributed by atoms with Crippen LogP contribution in [0.2, 0.25) is 0 Å². The summed E-state index contributed by atoms with van der Waals surface area (Å²) in [5, 5.41) is 0. The van der Waals surface area contributed by atoms with Gasteiger partial charge in [0.25, 0.3) is 0 Å². The fraction of sp³-hybridized carbons (Fsp3) is 0.636. The smallest absolute Gasteiger partial charge is 0.238 e. The summed E-state index contributed by atoms with van der Waals surface area (Å²) in [7, 11) is 1.78. The van der Waals surface area contributed by atoms with E-state index in [1.54, 1.807) is 25.1 Å².